The molecule has 0 saturated carbocycles. The Morgan fingerprint density at radius 3 is 2.32 bits per heavy atom. The van der Waals surface area contributed by atoms with Gasteiger partial charge < -0.3 is 10.5 Å². The van der Waals surface area contributed by atoms with Gasteiger partial charge >= 0.3 is 0 Å². The SMILES string of the molecule is CC(=O)c1cc(C(=O)NC(=N)N)ccc1Oc1ccc(F)cc1F.Cl. The van der Waals surface area contributed by atoms with Crippen LogP contribution >= 0.6 is 12.4 Å². The van der Waals surface area contributed by atoms with E-state index in [-0.39, 0.29) is 35.0 Å². The molecule has 0 aliphatic heterocycles. The summed E-state index contributed by atoms with van der Waals surface area (Å²) in [7, 11) is 0. The number of nitrogens with one attached hydrogen (secondary N) is 2. The van der Waals surface area contributed by atoms with E-state index < -0.39 is 29.3 Å². The summed E-state index contributed by atoms with van der Waals surface area (Å²) in [5.74, 6) is -3.59. The first-order chi connectivity index (χ1) is 11.3. The molecule has 1 amide bonds. The highest BCUT2D eigenvalue weighted by atomic mass is 35.5. The lowest BCUT2D eigenvalue weighted by molar-refractivity contribution is 0.0976. The first-order valence-electron chi connectivity index (χ1n) is 6.71. The number of ketones is 1. The third-order valence-corrected chi connectivity index (χ3v) is 2.98. The van der Waals surface area contributed by atoms with Crippen LogP contribution in [0.3, 0.4) is 0 Å². The molecule has 2 aromatic rings. The number of carbonyl (C=O) groups is 2. The molecule has 132 valence electrons. The zero-order valence-electron chi connectivity index (χ0n) is 12.9. The molecule has 0 aliphatic carbocycles. The average Bonchev–Trinajstić information content (AvgIpc) is 2.49. The molecule has 0 saturated heterocycles. The lowest BCUT2D eigenvalue weighted by atomic mass is 10.1. The highest BCUT2D eigenvalue weighted by molar-refractivity contribution is 6.06. The minimum absolute atomic E-state index is 0. The van der Waals surface area contributed by atoms with Crippen LogP contribution in [-0.4, -0.2) is 17.6 Å². The third-order valence-electron chi connectivity index (χ3n) is 2.98. The van der Waals surface area contributed by atoms with Crippen molar-refractivity contribution < 1.29 is 23.1 Å². The zero-order valence-corrected chi connectivity index (χ0v) is 13.7. The van der Waals surface area contributed by atoms with E-state index >= 15 is 0 Å². The maximum Gasteiger partial charge on any atom is 0.257 e. The molecule has 0 heterocycles. The van der Waals surface area contributed by atoms with Crippen molar-refractivity contribution >= 4 is 30.1 Å². The van der Waals surface area contributed by atoms with E-state index in [4.69, 9.17) is 15.9 Å². The number of guanidine groups is 1. The van der Waals surface area contributed by atoms with Crippen LogP contribution in [0.4, 0.5) is 8.78 Å². The zero-order chi connectivity index (χ0) is 17.9. The summed E-state index contributed by atoms with van der Waals surface area (Å²) >= 11 is 0. The van der Waals surface area contributed by atoms with Crippen molar-refractivity contribution in [1.29, 1.82) is 5.41 Å². The van der Waals surface area contributed by atoms with E-state index in [1.165, 1.54) is 25.1 Å². The standard InChI is InChI=1S/C16H13F2N3O3.ClH/c1-8(22)11-6-9(15(23)21-16(19)20)2-4-13(11)24-14-5-3-10(17)7-12(14)18;/h2-7H,1H3,(H4,19,20,21,23);1H. The maximum absolute atomic E-state index is 13.7. The molecule has 6 nitrogen and oxygen atoms in total. The average molecular weight is 370 g/mol. The number of Topliss-reactive ketones (excluding diaryl/α,β-unsaturated/α-hetero) is 1. The van der Waals surface area contributed by atoms with Crippen molar-refractivity contribution in [3.63, 3.8) is 0 Å². The van der Waals surface area contributed by atoms with Crippen LogP contribution in [0.2, 0.25) is 0 Å². The van der Waals surface area contributed by atoms with Gasteiger partial charge in [0.2, 0.25) is 0 Å². The first kappa shape index (κ1) is 20.0. The fourth-order valence-corrected chi connectivity index (χ4v) is 1.91. The van der Waals surface area contributed by atoms with Gasteiger partial charge in [-0.25, -0.2) is 8.78 Å². The number of hydrogen-bond donors (Lipinski definition) is 3. The Morgan fingerprint density at radius 2 is 1.76 bits per heavy atom. The Bertz CT molecular complexity index is 843. The molecule has 0 fully saturated rings. The predicted molar refractivity (Wildman–Crippen MR) is 89.5 cm³/mol. The van der Waals surface area contributed by atoms with Crippen LogP contribution in [0.15, 0.2) is 36.4 Å². The number of halogens is 3. The smallest absolute Gasteiger partial charge is 0.257 e. The lowest BCUT2D eigenvalue weighted by Crippen LogP contribution is -2.35. The molecule has 0 unspecified atom stereocenters. The second kappa shape index (κ2) is 8.20. The molecule has 0 radical (unpaired) electrons. The minimum Gasteiger partial charge on any atom is -0.454 e. The van der Waals surface area contributed by atoms with E-state index in [1.807, 2.05) is 0 Å². The molecule has 0 aliphatic rings. The van der Waals surface area contributed by atoms with Gasteiger partial charge in [-0.1, -0.05) is 0 Å². The predicted octanol–water partition coefficient (Wildman–Crippen LogP) is 3.00. The molecule has 0 aromatic heterocycles. The highest BCUT2D eigenvalue weighted by Crippen LogP contribution is 2.29. The van der Waals surface area contributed by atoms with Gasteiger partial charge in [-0.2, -0.15) is 0 Å². The normalized spacial score (nSPS) is 9.72. The molecule has 2 rings (SSSR count). The maximum atomic E-state index is 13.7. The Balaban J connectivity index is 0.00000312. The number of hydrogen-bond acceptors (Lipinski definition) is 4. The van der Waals surface area contributed by atoms with Gasteiger partial charge in [0.15, 0.2) is 23.3 Å². The van der Waals surface area contributed by atoms with Crippen molar-refractivity contribution in [2.24, 2.45) is 5.73 Å². The van der Waals surface area contributed by atoms with E-state index in [1.54, 1.807) is 0 Å². The Hall–Kier alpha value is -3.00. The number of carbonyl (C=O) groups excluding carboxylic acids is 2. The van der Waals surface area contributed by atoms with Crippen molar-refractivity contribution in [2.45, 2.75) is 6.92 Å². The number of nitrogens with two attached hydrogens (primary N) is 1. The molecule has 0 spiro atoms. The summed E-state index contributed by atoms with van der Waals surface area (Å²) in [6.45, 7) is 1.25. The van der Waals surface area contributed by atoms with Crippen molar-refractivity contribution in [2.75, 3.05) is 0 Å². The van der Waals surface area contributed by atoms with Crippen LogP contribution < -0.4 is 15.8 Å². The lowest BCUT2D eigenvalue weighted by Gasteiger charge is -2.12. The Labute approximate surface area is 147 Å². The monoisotopic (exact) mass is 369 g/mol. The largest absolute Gasteiger partial charge is 0.454 e. The summed E-state index contributed by atoms with van der Waals surface area (Å²) in [6, 6.07) is 6.61. The van der Waals surface area contributed by atoms with Gasteiger partial charge in [0.05, 0.1) is 5.56 Å². The van der Waals surface area contributed by atoms with Gasteiger partial charge in [-0.15, -0.1) is 12.4 Å². The fourth-order valence-electron chi connectivity index (χ4n) is 1.91. The molecule has 25 heavy (non-hydrogen) atoms. The van der Waals surface area contributed by atoms with Crippen LogP contribution in [0, 0.1) is 17.0 Å². The minimum atomic E-state index is -0.928. The number of benzene rings is 2. The van der Waals surface area contributed by atoms with Gasteiger partial charge in [-0.3, -0.25) is 20.3 Å². The molecule has 4 N–H and O–H groups in total. The quantitative estimate of drug-likeness (QED) is 0.437. The van der Waals surface area contributed by atoms with Gasteiger partial charge in [0, 0.05) is 11.6 Å². The Kier molecular flexibility index (Phi) is 6.58. The third kappa shape index (κ3) is 4.98. The summed E-state index contributed by atoms with van der Waals surface area (Å²) in [4.78, 5) is 23.6. The second-order valence-corrected chi connectivity index (χ2v) is 4.81. The highest BCUT2D eigenvalue weighted by Gasteiger charge is 2.16. The Morgan fingerprint density at radius 1 is 1.12 bits per heavy atom. The summed E-state index contributed by atoms with van der Waals surface area (Å²) < 4.78 is 31.9. The van der Waals surface area contributed by atoms with Crippen molar-refractivity contribution in [3.8, 4) is 11.5 Å². The second-order valence-electron chi connectivity index (χ2n) is 4.81. The van der Waals surface area contributed by atoms with Gasteiger partial charge in [0.1, 0.15) is 11.6 Å². The molecule has 9 heteroatoms. The molecule has 2 aromatic carbocycles. The van der Waals surface area contributed by atoms with E-state index in [0.717, 1.165) is 12.1 Å². The fraction of sp³-hybridized carbons (Fsp3) is 0.0625. The summed E-state index contributed by atoms with van der Waals surface area (Å²) in [5.41, 5.74) is 5.17. The first-order valence-corrected chi connectivity index (χ1v) is 6.71. The summed E-state index contributed by atoms with van der Waals surface area (Å²) in [5, 5.41) is 9.10. The van der Waals surface area contributed by atoms with Crippen LogP contribution in [-0.2, 0) is 0 Å². The van der Waals surface area contributed by atoms with E-state index in [2.05, 4.69) is 5.32 Å². The van der Waals surface area contributed by atoms with Crippen molar-refractivity contribution in [1.82, 2.24) is 5.32 Å². The topological polar surface area (TPSA) is 105 Å². The van der Waals surface area contributed by atoms with Crippen molar-refractivity contribution in [3.05, 3.63) is 59.2 Å². The van der Waals surface area contributed by atoms with Gasteiger partial charge in [0.25, 0.3) is 5.91 Å². The number of rotatable bonds is 4. The van der Waals surface area contributed by atoms with E-state index in [9.17, 15) is 18.4 Å². The molecular weight excluding hydrogens is 356 g/mol. The number of ether oxygens (including phenoxy) is 1. The molecule has 0 bridgehead atoms. The molecular formula is C16H14ClF2N3O3. The number of amides is 1. The van der Waals surface area contributed by atoms with Crippen LogP contribution in [0.5, 0.6) is 11.5 Å². The van der Waals surface area contributed by atoms with Gasteiger partial charge in [-0.05, 0) is 37.3 Å². The van der Waals surface area contributed by atoms with Crippen LogP contribution in [0.1, 0.15) is 27.6 Å². The summed E-state index contributed by atoms with van der Waals surface area (Å²) in [6.07, 6.45) is 0. The van der Waals surface area contributed by atoms with Crippen LogP contribution in [0.25, 0.3) is 0 Å². The van der Waals surface area contributed by atoms with E-state index in [0.29, 0.717) is 6.07 Å². The molecule has 0 atom stereocenters.